The number of nitrogens with one attached hydrogen (secondary N) is 1. The van der Waals surface area contributed by atoms with Gasteiger partial charge < -0.3 is 14.8 Å². The number of benzene rings is 1. The molecule has 0 spiro atoms. The van der Waals surface area contributed by atoms with Crippen LogP contribution in [-0.2, 0) is 6.54 Å². The summed E-state index contributed by atoms with van der Waals surface area (Å²) >= 11 is 0. The second-order valence-corrected chi connectivity index (χ2v) is 5.71. The molecule has 0 atom stereocenters. The van der Waals surface area contributed by atoms with Crippen molar-refractivity contribution in [2.45, 2.75) is 25.9 Å². The molecule has 1 saturated heterocycles. The van der Waals surface area contributed by atoms with Crippen molar-refractivity contribution in [3.05, 3.63) is 23.8 Å². The Labute approximate surface area is 108 Å². The Morgan fingerprint density at radius 2 is 2.11 bits per heavy atom. The van der Waals surface area contributed by atoms with Gasteiger partial charge >= 0.3 is 0 Å². The third-order valence-electron chi connectivity index (χ3n) is 3.49. The van der Waals surface area contributed by atoms with Gasteiger partial charge in [0, 0.05) is 31.7 Å². The van der Waals surface area contributed by atoms with Gasteiger partial charge in [0.05, 0.1) is 0 Å². The lowest BCUT2D eigenvalue weighted by Crippen LogP contribution is -2.56. The molecule has 1 aromatic rings. The standard InChI is InChI=1S/C14H20N2O2/c1-14(2)9-16(6-5-15-14)8-11-3-4-12-13(7-11)18-10-17-12/h3-4,7,15H,5-6,8-10H2,1-2H3. The van der Waals surface area contributed by atoms with Crippen LogP contribution in [0.5, 0.6) is 11.5 Å². The van der Waals surface area contributed by atoms with Crippen molar-refractivity contribution in [1.29, 1.82) is 0 Å². The van der Waals surface area contributed by atoms with E-state index < -0.39 is 0 Å². The van der Waals surface area contributed by atoms with Crippen LogP contribution in [0.15, 0.2) is 18.2 Å². The van der Waals surface area contributed by atoms with E-state index in [1.807, 2.05) is 6.07 Å². The van der Waals surface area contributed by atoms with E-state index in [0.29, 0.717) is 6.79 Å². The fourth-order valence-electron chi connectivity index (χ4n) is 2.68. The molecule has 1 N–H and O–H groups in total. The van der Waals surface area contributed by atoms with E-state index in [-0.39, 0.29) is 5.54 Å². The summed E-state index contributed by atoms with van der Waals surface area (Å²) in [4.78, 5) is 2.48. The molecule has 3 rings (SSSR count). The average Bonchev–Trinajstić information content (AvgIpc) is 2.74. The second kappa shape index (κ2) is 4.44. The van der Waals surface area contributed by atoms with Crippen LogP contribution in [0.1, 0.15) is 19.4 Å². The van der Waals surface area contributed by atoms with Crippen molar-refractivity contribution < 1.29 is 9.47 Å². The van der Waals surface area contributed by atoms with Gasteiger partial charge in [-0.15, -0.1) is 0 Å². The van der Waals surface area contributed by atoms with Gasteiger partial charge in [-0.05, 0) is 31.5 Å². The number of hydrogen-bond acceptors (Lipinski definition) is 4. The Morgan fingerprint density at radius 1 is 1.28 bits per heavy atom. The van der Waals surface area contributed by atoms with Crippen LogP contribution >= 0.6 is 0 Å². The topological polar surface area (TPSA) is 33.7 Å². The predicted molar refractivity (Wildman–Crippen MR) is 69.9 cm³/mol. The molecule has 2 heterocycles. The lowest BCUT2D eigenvalue weighted by atomic mass is 10.0. The minimum atomic E-state index is 0.203. The van der Waals surface area contributed by atoms with Crippen LogP contribution in [0.3, 0.4) is 0 Å². The fraction of sp³-hybridized carbons (Fsp3) is 0.571. The number of fused-ring (bicyclic) bond motifs is 1. The molecule has 1 aromatic carbocycles. The monoisotopic (exact) mass is 248 g/mol. The number of rotatable bonds is 2. The summed E-state index contributed by atoms with van der Waals surface area (Å²) < 4.78 is 10.7. The van der Waals surface area contributed by atoms with E-state index >= 15 is 0 Å². The first kappa shape index (κ1) is 11.8. The van der Waals surface area contributed by atoms with Crippen molar-refractivity contribution in [2.24, 2.45) is 0 Å². The molecule has 98 valence electrons. The van der Waals surface area contributed by atoms with Crippen molar-refractivity contribution >= 4 is 0 Å². The van der Waals surface area contributed by atoms with Gasteiger partial charge in [-0.1, -0.05) is 6.07 Å². The zero-order valence-electron chi connectivity index (χ0n) is 11.0. The molecule has 18 heavy (non-hydrogen) atoms. The van der Waals surface area contributed by atoms with E-state index in [9.17, 15) is 0 Å². The van der Waals surface area contributed by atoms with Crippen LogP contribution in [0.2, 0.25) is 0 Å². The molecule has 0 bridgehead atoms. The van der Waals surface area contributed by atoms with E-state index in [2.05, 4.69) is 36.2 Å². The summed E-state index contributed by atoms with van der Waals surface area (Å²) in [6, 6.07) is 6.23. The number of ether oxygens (including phenoxy) is 2. The molecule has 2 aliphatic rings. The SMILES string of the molecule is CC1(C)CN(Cc2ccc3c(c2)OCO3)CCN1. The molecule has 1 fully saturated rings. The molecule has 0 amide bonds. The summed E-state index contributed by atoms with van der Waals surface area (Å²) in [7, 11) is 0. The van der Waals surface area contributed by atoms with Crippen LogP contribution in [0.25, 0.3) is 0 Å². The fourth-order valence-corrected chi connectivity index (χ4v) is 2.68. The van der Waals surface area contributed by atoms with Gasteiger partial charge in [0.1, 0.15) is 0 Å². The third kappa shape index (κ3) is 2.44. The average molecular weight is 248 g/mol. The van der Waals surface area contributed by atoms with E-state index in [1.165, 1.54) is 5.56 Å². The Morgan fingerprint density at radius 3 is 2.94 bits per heavy atom. The van der Waals surface area contributed by atoms with Gasteiger partial charge in [-0.3, -0.25) is 4.90 Å². The maximum absolute atomic E-state index is 5.42. The minimum absolute atomic E-state index is 0.203. The maximum Gasteiger partial charge on any atom is 0.231 e. The van der Waals surface area contributed by atoms with Gasteiger partial charge in [-0.25, -0.2) is 0 Å². The summed E-state index contributed by atoms with van der Waals surface area (Å²) in [6.07, 6.45) is 0. The molecule has 4 heteroatoms. The third-order valence-corrected chi connectivity index (χ3v) is 3.49. The van der Waals surface area contributed by atoms with E-state index in [1.54, 1.807) is 0 Å². The molecule has 2 aliphatic heterocycles. The van der Waals surface area contributed by atoms with Crippen molar-refractivity contribution in [3.63, 3.8) is 0 Å². The predicted octanol–water partition coefficient (Wildman–Crippen LogP) is 1.60. The molecule has 0 unspecified atom stereocenters. The summed E-state index contributed by atoms with van der Waals surface area (Å²) in [5.41, 5.74) is 1.49. The molecule has 4 nitrogen and oxygen atoms in total. The Balaban J connectivity index is 1.69. The Hall–Kier alpha value is -1.26. The van der Waals surface area contributed by atoms with Crippen LogP contribution < -0.4 is 14.8 Å². The summed E-state index contributed by atoms with van der Waals surface area (Å²) in [5.74, 6) is 1.74. The quantitative estimate of drug-likeness (QED) is 0.862. The highest BCUT2D eigenvalue weighted by molar-refractivity contribution is 5.44. The zero-order valence-corrected chi connectivity index (χ0v) is 11.0. The highest BCUT2D eigenvalue weighted by atomic mass is 16.7. The first-order valence-corrected chi connectivity index (χ1v) is 6.48. The maximum atomic E-state index is 5.42. The zero-order chi connectivity index (χ0) is 12.6. The molecule has 0 radical (unpaired) electrons. The normalized spacial score (nSPS) is 22.1. The van der Waals surface area contributed by atoms with E-state index in [0.717, 1.165) is 37.7 Å². The van der Waals surface area contributed by atoms with Crippen molar-refractivity contribution in [3.8, 4) is 11.5 Å². The van der Waals surface area contributed by atoms with Gasteiger partial charge in [0.15, 0.2) is 11.5 Å². The molecule has 0 saturated carbocycles. The van der Waals surface area contributed by atoms with Crippen molar-refractivity contribution in [2.75, 3.05) is 26.4 Å². The smallest absolute Gasteiger partial charge is 0.231 e. The highest BCUT2D eigenvalue weighted by Crippen LogP contribution is 2.32. The first-order chi connectivity index (χ1) is 8.62. The lowest BCUT2D eigenvalue weighted by Gasteiger charge is -2.39. The molecular weight excluding hydrogens is 228 g/mol. The Kier molecular flexibility index (Phi) is 2.92. The summed E-state index contributed by atoms with van der Waals surface area (Å²) in [5, 5.41) is 3.53. The highest BCUT2D eigenvalue weighted by Gasteiger charge is 2.25. The molecule has 0 aromatic heterocycles. The number of hydrogen-bond donors (Lipinski definition) is 1. The van der Waals surface area contributed by atoms with Gasteiger partial charge in [0.2, 0.25) is 6.79 Å². The molecule has 0 aliphatic carbocycles. The number of nitrogens with zero attached hydrogens (tertiary/aromatic N) is 1. The second-order valence-electron chi connectivity index (χ2n) is 5.71. The van der Waals surface area contributed by atoms with Crippen molar-refractivity contribution in [1.82, 2.24) is 10.2 Å². The van der Waals surface area contributed by atoms with Crippen LogP contribution in [0, 0.1) is 0 Å². The number of piperazine rings is 1. The van der Waals surface area contributed by atoms with Crippen LogP contribution in [0.4, 0.5) is 0 Å². The first-order valence-electron chi connectivity index (χ1n) is 6.48. The summed E-state index contributed by atoms with van der Waals surface area (Å²) in [6.45, 7) is 9.04. The van der Waals surface area contributed by atoms with Gasteiger partial charge in [-0.2, -0.15) is 0 Å². The lowest BCUT2D eigenvalue weighted by molar-refractivity contribution is 0.148. The molecular formula is C14H20N2O2. The largest absolute Gasteiger partial charge is 0.454 e. The van der Waals surface area contributed by atoms with E-state index in [4.69, 9.17) is 9.47 Å². The van der Waals surface area contributed by atoms with Crippen LogP contribution in [-0.4, -0.2) is 36.9 Å². The van der Waals surface area contributed by atoms with Gasteiger partial charge in [0.25, 0.3) is 0 Å². The minimum Gasteiger partial charge on any atom is -0.454 e. The Bertz CT molecular complexity index is 445.